The van der Waals surface area contributed by atoms with Crippen LogP contribution in [0.4, 0.5) is 0 Å². The Morgan fingerprint density at radius 1 is 1.00 bits per heavy atom. The van der Waals surface area contributed by atoms with Gasteiger partial charge in [0.2, 0.25) is 0 Å². The minimum Gasteiger partial charge on any atom is -0.350 e. The summed E-state index contributed by atoms with van der Waals surface area (Å²) in [6.45, 7) is 1.26. The molecule has 0 saturated heterocycles. The largest absolute Gasteiger partial charge is 0.350 e. The highest BCUT2D eigenvalue weighted by Gasteiger charge is 2.28. The first-order chi connectivity index (χ1) is 13.6. The molecule has 2 aromatic carbocycles. The number of carbonyl (C=O) groups excluding carboxylic acids is 1. The van der Waals surface area contributed by atoms with E-state index in [1.54, 1.807) is 0 Å². The Balaban J connectivity index is 1.49. The number of hydrogen-bond donors (Lipinski definition) is 0. The van der Waals surface area contributed by atoms with Crippen LogP contribution in [0.15, 0.2) is 60.8 Å². The van der Waals surface area contributed by atoms with Crippen molar-refractivity contribution in [1.82, 2.24) is 19.2 Å². The number of benzene rings is 2. The third-order valence-electron chi connectivity index (χ3n) is 5.66. The molecule has 0 spiro atoms. The number of rotatable bonds is 2. The first-order valence-corrected chi connectivity index (χ1v) is 9.57. The van der Waals surface area contributed by atoms with Crippen LogP contribution in [0.3, 0.4) is 0 Å². The van der Waals surface area contributed by atoms with Gasteiger partial charge in [-0.1, -0.05) is 48.5 Å². The quantitative estimate of drug-likeness (QED) is 0.539. The van der Waals surface area contributed by atoms with Crippen molar-refractivity contribution in [3.63, 3.8) is 0 Å². The summed E-state index contributed by atoms with van der Waals surface area (Å²) in [5, 5.41) is 5.75. The molecule has 4 aromatic rings. The molecule has 28 heavy (non-hydrogen) atoms. The average Bonchev–Trinajstić information content (AvgIpc) is 3.24. The van der Waals surface area contributed by atoms with E-state index in [9.17, 15) is 4.79 Å². The lowest BCUT2D eigenvalue weighted by atomic mass is 9.99. The third-order valence-corrected chi connectivity index (χ3v) is 5.66. The van der Waals surface area contributed by atoms with Gasteiger partial charge < -0.3 is 9.47 Å². The summed E-state index contributed by atoms with van der Waals surface area (Å²) in [6.07, 6.45) is 2.76. The second kappa shape index (κ2) is 6.37. The highest BCUT2D eigenvalue weighted by molar-refractivity contribution is 6.07. The van der Waals surface area contributed by atoms with Crippen molar-refractivity contribution in [3.8, 4) is 11.3 Å². The second-order valence-electron chi connectivity index (χ2n) is 7.41. The molecular formula is C23H22N4O. The molecule has 5 heteroatoms. The number of nitrogens with zero attached hydrogens (tertiary/aromatic N) is 4. The van der Waals surface area contributed by atoms with Gasteiger partial charge in [-0.15, -0.1) is 0 Å². The third kappa shape index (κ3) is 2.54. The van der Waals surface area contributed by atoms with E-state index in [4.69, 9.17) is 5.10 Å². The number of carbonyl (C=O) groups is 1. The van der Waals surface area contributed by atoms with Crippen molar-refractivity contribution in [2.24, 2.45) is 14.1 Å². The van der Waals surface area contributed by atoms with E-state index < -0.39 is 0 Å². The molecule has 0 radical (unpaired) electrons. The number of para-hydroxylation sites is 1. The number of hydrogen-bond acceptors (Lipinski definition) is 2. The van der Waals surface area contributed by atoms with Crippen LogP contribution < -0.4 is 0 Å². The van der Waals surface area contributed by atoms with Gasteiger partial charge in [-0.3, -0.25) is 9.48 Å². The average molecular weight is 370 g/mol. The van der Waals surface area contributed by atoms with Gasteiger partial charge in [-0.2, -0.15) is 5.10 Å². The molecule has 5 rings (SSSR count). The Labute approximate surface area is 163 Å². The summed E-state index contributed by atoms with van der Waals surface area (Å²) in [4.78, 5) is 15.2. The van der Waals surface area contributed by atoms with Crippen molar-refractivity contribution < 1.29 is 4.79 Å². The number of aromatic nitrogens is 3. The van der Waals surface area contributed by atoms with Gasteiger partial charge in [0, 0.05) is 48.9 Å². The van der Waals surface area contributed by atoms with E-state index in [1.807, 2.05) is 76.9 Å². The van der Waals surface area contributed by atoms with Gasteiger partial charge in [-0.05, 0) is 12.5 Å². The van der Waals surface area contributed by atoms with E-state index >= 15 is 0 Å². The fourth-order valence-electron chi connectivity index (χ4n) is 4.33. The summed E-state index contributed by atoms with van der Waals surface area (Å²) in [6, 6.07) is 18.4. The minimum atomic E-state index is 0.0781. The monoisotopic (exact) mass is 370 g/mol. The summed E-state index contributed by atoms with van der Waals surface area (Å²) in [7, 11) is 3.97. The van der Waals surface area contributed by atoms with Crippen molar-refractivity contribution >= 4 is 16.8 Å². The Bertz CT molecular complexity index is 1190. The van der Waals surface area contributed by atoms with Crippen molar-refractivity contribution in [2.45, 2.75) is 13.0 Å². The van der Waals surface area contributed by atoms with Crippen molar-refractivity contribution in [1.29, 1.82) is 0 Å². The van der Waals surface area contributed by atoms with Crippen LogP contribution in [-0.4, -0.2) is 31.7 Å². The van der Waals surface area contributed by atoms with Crippen LogP contribution in [0.1, 0.15) is 21.6 Å². The molecule has 0 N–H and O–H groups in total. The molecule has 0 fully saturated rings. The highest BCUT2D eigenvalue weighted by atomic mass is 16.2. The minimum absolute atomic E-state index is 0.0781. The lowest BCUT2D eigenvalue weighted by molar-refractivity contribution is 0.0734. The zero-order chi connectivity index (χ0) is 19.3. The fourth-order valence-corrected chi connectivity index (χ4v) is 4.33. The molecule has 0 aliphatic carbocycles. The molecule has 2 aromatic heterocycles. The van der Waals surface area contributed by atoms with Crippen LogP contribution in [0.2, 0.25) is 0 Å². The molecule has 1 aliphatic heterocycles. The van der Waals surface area contributed by atoms with E-state index in [0.29, 0.717) is 13.1 Å². The second-order valence-corrected chi connectivity index (χ2v) is 7.41. The first kappa shape index (κ1) is 16.8. The standard InChI is InChI=1S/C23H22N4O/c1-25-14-19(17-10-6-7-11-21(17)25)23(28)27-13-12-18-20(15-27)24-26(2)22(18)16-8-4-3-5-9-16/h3-11,14H,12-13,15H2,1-2H3. The maximum atomic E-state index is 13.3. The lowest BCUT2D eigenvalue weighted by Gasteiger charge is -2.26. The van der Waals surface area contributed by atoms with Gasteiger partial charge >= 0.3 is 0 Å². The first-order valence-electron chi connectivity index (χ1n) is 9.57. The summed E-state index contributed by atoms with van der Waals surface area (Å²) in [5.74, 6) is 0.0781. The summed E-state index contributed by atoms with van der Waals surface area (Å²) < 4.78 is 3.97. The van der Waals surface area contributed by atoms with Crippen LogP contribution in [0.25, 0.3) is 22.2 Å². The fraction of sp³-hybridized carbons (Fsp3) is 0.217. The Morgan fingerprint density at radius 3 is 2.57 bits per heavy atom. The predicted octanol–water partition coefficient (Wildman–Crippen LogP) is 3.78. The van der Waals surface area contributed by atoms with E-state index in [-0.39, 0.29) is 5.91 Å². The van der Waals surface area contributed by atoms with Crippen molar-refractivity contribution in [2.75, 3.05) is 6.54 Å². The Morgan fingerprint density at radius 2 is 1.75 bits per heavy atom. The lowest BCUT2D eigenvalue weighted by Crippen LogP contribution is -2.35. The SMILES string of the molecule is Cn1nc2c(c1-c1ccccc1)CCN(C(=O)c1cn(C)c3ccccc13)C2. The molecule has 0 atom stereocenters. The Hall–Kier alpha value is -3.34. The van der Waals surface area contributed by atoms with Gasteiger partial charge in [0.1, 0.15) is 0 Å². The van der Waals surface area contributed by atoms with Gasteiger partial charge in [0.15, 0.2) is 0 Å². The Kier molecular flexibility index (Phi) is 3.83. The molecule has 0 bridgehead atoms. The zero-order valence-electron chi connectivity index (χ0n) is 16.1. The molecule has 0 saturated carbocycles. The topological polar surface area (TPSA) is 43.1 Å². The smallest absolute Gasteiger partial charge is 0.256 e. The summed E-state index contributed by atoms with van der Waals surface area (Å²) >= 11 is 0. The molecule has 1 aliphatic rings. The van der Waals surface area contributed by atoms with Gasteiger partial charge in [0.25, 0.3) is 5.91 Å². The van der Waals surface area contributed by atoms with E-state index in [2.05, 4.69) is 12.1 Å². The van der Waals surface area contributed by atoms with E-state index in [0.717, 1.165) is 34.3 Å². The van der Waals surface area contributed by atoms with Gasteiger partial charge in [-0.25, -0.2) is 0 Å². The number of aryl methyl sites for hydroxylation is 2. The summed E-state index contributed by atoms with van der Waals surface area (Å²) in [5.41, 5.74) is 6.44. The number of fused-ring (bicyclic) bond motifs is 2. The van der Waals surface area contributed by atoms with Crippen LogP contribution in [0, 0.1) is 0 Å². The van der Waals surface area contributed by atoms with Crippen LogP contribution in [-0.2, 0) is 27.1 Å². The number of amides is 1. The molecule has 5 nitrogen and oxygen atoms in total. The van der Waals surface area contributed by atoms with Crippen LogP contribution in [0.5, 0.6) is 0 Å². The molecular weight excluding hydrogens is 348 g/mol. The zero-order valence-corrected chi connectivity index (χ0v) is 16.1. The van der Waals surface area contributed by atoms with Crippen molar-refractivity contribution in [3.05, 3.63) is 77.6 Å². The van der Waals surface area contributed by atoms with E-state index in [1.165, 1.54) is 11.1 Å². The van der Waals surface area contributed by atoms with Gasteiger partial charge in [0.05, 0.1) is 23.5 Å². The highest BCUT2D eigenvalue weighted by Crippen LogP contribution is 2.31. The predicted molar refractivity (Wildman–Crippen MR) is 110 cm³/mol. The maximum absolute atomic E-state index is 13.3. The molecule has 1 amide bonds. The maximum Gasteiger partial charge on any atom is 0.256 e. The molecule has 140 valence electrons. The molecule has 0 unspecified atom stereocenters. The van der Waals surface area contributed by atoms with Crippen LogP contribution >= 0.6 is 0 Å². The normalized spacial score (nSPS) is 13.7. The molecule has 3 heterocycles.